The van der Waals surface area contributed by atoms with E-state index in [1.807, 2.05) is 22.9 Å². The number of imidazole rings is 1. The number of hydrogen-bond donors (Lipinski definition) is 0. The highest BCUT2D eigenvalue weighted by Gasteiger charge is 2.33. The maximum Gasteiger partial charge on any atom is 0.263 e. The lowest BCUT2D eigenvalue weighted by Gasteiger charge is -2.20. The second kappa shape index (κ2) is 6.10. The number of thiophene rings is 2. The molecule has 1 atom stereocenters. The summed E-state index contributed by atoms with van der Waals surface area (Å²) in [6.07, 6.45) is 5.88. The largest absolute Gasteiger partial charge is 0.328 e. The van der Waals surface area contributed by atoms with Crippen molar-refractivity contribution in [1.29, 1.82) is 0 Å². The van der Waals surface area contributed by atoms with Gasteiger partial charge in [-0.15, -0.1) is 22.7 Å². The molecule has 0 aliphatic carbocycles. The van der Waals surface area contributed by atoms with Gasteiger partial charge in [0.05, 0.1) is 23.0 Å². The molecule has 1 amide bonds. The van der Waals surface area contributed by atoms with Gasteiger partial charge in [-0.25, -0.2) is 9.99 Å². The van der Waals surface area contributed by atoms with Crippen molar-refractivity contribution in [3.8, 4) is 0 Å². The molecule has 3 aromatic heterocycles. The first-order valence-corrected chi connectivity index (χ1v) is 9.00. The molecular weight excluding hydrogens is 328 g/mol. The summed E-state index contributed by atoms with van der Waals surface area (Å²) in [5.74, 6) is -0.0204. The van der Waals surface area contributed by atoms with E-state index in [0.717, 1.165) is 17.0 Å². The Balaban J connectivity index is 1.63. The molecule has 7 heteroatoms. The zero-order valence-electron chi connectivity index (χ0n) is 12.2. The van der Waals surface area contributed by atoms with Crippen molar-refractivity contribution in [3.63, 3.8) is 0 Å². The van der Waals surface area contributed by atoms with Gasteiger partial charge in [0.2, 0.25) is 0 Å². The van der Waals surface area contributed by atoms with Crippen LogP contribution < -0.4 is 0 Å². The van der Waals surface area contributed by atoms with E-state index in [4.69, 9.17) is 0 Å². The Bertz CT molecular complexity index is 807. The molecule has 0 bridgehead atoms. The Labute approximate surface area is 141 Å². The topological polar surface area (TPSA) is 50.5 Å². The summed E-state index contributed by atoms with van der Waals surface area (Å²) in [6, 6.07) is 8.14. The second-order valence-electron chi connectivity index (χ2n) is 5.23. The average molecular weight is 342 g/mol. The third-order valence-corrected chi connectivity index (χ3v) is 5.61. The second-order valence-corrected chi connectivity index (χ2v) is 7.16. The number of carbonyl (C=O) groups excluding carboxylic acids is 1. The monoisotopic (exact) mass is 342 g/mol. The van der Waals surface area contributed by atoms with Crippen LogP contribution in [0.4, 0.5) is 0 Å². The standard InChI is InChI=1S/C16H14N4OS2/c21-16(10-19-6-5-17-11-19)20-13(15-4-2-8-23-15)9-12(18-20)14-3-1-7-22-14/h1-8,11,13H,9-10H2/t13-/m1/s1. The van der Waals surface area contributed by atoms with Gasteiger partial charge in [-0.1, -0.05) is 12.1 Å². The van der Waals surface area contributed by atoms with Crippen molar-refractivity contribution in [2.75, 3.05) is 0 Å². The smallest absolute Gasteiger partial charge is 0.263 e. The molecule has 5 nitrogen and oxygen atoms in total. The van der Waals surface area contributed by atoms with Gasteiger partial charge < -0.3 is 4.57 Å². The quantitative estimate of drug-likeness (QED) is 0.730. The van der Waals surface area contributed by atoms with E-state index in [1.165, 1.54) is 4.88 Å². The maximum absolute atomic E-state index is 12.7. The molecule has 1 aliphatic rings. The van der Waals surface area contributed by atoms with E-state index < -0.39 is 0 Å². The van der Waals surface area contributed by atoms with Crippen molar-refractivity contribution < 1.29 is 4.79 Å². The van der Waals surface area contributed by atoms with Gasteiger partial charge in [-0.3, -0.25) is 4.79 Å². The van der Waals surface area contributed by atoms with Crippen LogP contribution in [0.1, 0.15) is 22.2 Å². The SMILES string of the molecule is O=C(Cn1ccnc1)N1N=C(c2cccs2)C[C@@H]1c1cccs1. The van der Waals surface area contributed by atoms with Crippen molar-refractivity contribution in [2.24, 2.45) is 5.10 Å². The van der Waals surface area contributed by atoms with Crippen molar-refractivity contribution >= 4 is 34.3 Å². The van der Waals surface area contributed by atoms with Crippen LogP contribution in [0.2, 0.25) is 0 Å². The molecule has 0 unspecified atom stereocenters. The molecule has 0 N–H and O–H groups in total. The number of hydrazone groups is 1. The first-order valence-electron chi connectivity index (χ1n) is 7.24. The van der Waals surface area contributed by atoms with Gasteiger partial charge in [-0.05, 0) is 22.9 Å². The lowest BCUT2D eigenvalue weighted by molar-refractivity contribution is -0.133. The van der Waals surface area contributed by atoms with Crippen molar-refractivity contribution in [1.82, 2.24) is 14.6 Å². The number of rotatable bonds is 4. The fraction of sp³-hybridized carbons (Fsp3) is 0.188. The zero-order valence-corrected chi connectivity index (χ0v) is 13.8. The van der Waals surface area contributed by atoms with E-state index in [-0.39, 0.29) is 18.5 Å². The molecule has 0 spiro atoms. The molecule has 0 fully saturated rings. The molecule has 0 saturated carbocycles. The Morgan fingerprint density at radius 3 is 2.83 bits per heavy atom. The van der Waals surface area contributed by atoms with Crippen LogP contribution in [0.5, 0.6) is 0 Å². The third-order valence-electron chi connectivity index (χ3n) is 3.72. The zero-order chi connectivity index (χ0) is 15.6. The molecule has 4 heterocycles. The highest BCUT2D eigenvalue weighted by atomic mass is 32.1. The van der Waals surface area contributed by atoms with Crippen molar-refractivity contribution in [2.45, 2.75) is 19.0 Å². The van der Waals surface area contributed by atoms with Crippen LogP contribution >= 0.6 is 22.7 Å². The van der Waals surface area contributed by atoms with E-state index in [9.17, 15) is 4.79 Å². The van der Waals surface area contributed by atoms with Gasteiger partial charge in [0.15, 0.2) is 0 Å². The highest BCUT2D eigenvalue weighted by Crippen LogP contribution is 2.35. The third kappa shape index (κ3) is 2.85. The molecule has 1 aliphatic heterocycles. The number of hydrogen-bond acceptors (Lipinski definition) is 5. The summed E-state index contributed by atoms with van der Waals surface area (Å²) in [4.78, 5) is 19.0. The Morgan fingerprint density at radius 2 is 2.13 bits per heavy atom. The van der Waals surface area contributed by atoms with Crippen LogP contribution in [0.15, 0.2) is 58.8 Å². The lowest BCUT2D eigenvalue weighted by atomic mass is 10.1. The minimum Gasteiger partial charge on any atom is -0.328 e. The predicted molar refractivity (Wildman–Crippen MR) is 91.6 cm³/mol. The summed E-state index contributed by atoms with van der Waals surface area (Å²) in [5, 5.41) is 10.3. The molecule has 3 aromatic rings. The van der Waals surface area contributed by atoms with Gasteiger partial charge in [0, 0.05) is 23.7 Å². The number of amides is 1. The average Bonchev–Trinajstić information content (AvgIpc) is 3.30. The van der Waals surface area contributed by atoms with Crippen LogP contribution in [0.3, 0.4) is 0 Å². The minimum atomic E-state index is -0.0204. The van der Waals surface area contributed by atoms with Gasteiger partial charge >= 0.3 is 0 Å². The van der Waals surface area contributed by atoms with E-state index in [1.54, 1.807) is 51.0 Å². The van der Waals surface area contributed by atoms with Gasteiger partial charge in [0.1, 0.15) is 6.54 Å². The van der Waals surface area contributed by atoms with Crippen molar-refractivity contribution in [3.05, 3.63) is 63.5 Å². The first kappa shape index (κ1) is 14.3. The Kier molecular flexibility index (Phi) is 3.80. The summed E-state index contributed by atoms with van der Waals surface area (Å²) >= 11 is 3.32. The fourth-order valence-electron chi connectivity index (χ4n) is 2.64. The Hall–Kier alpha value is -2.25. The van der Waals surface area contributed by atoms with Crippen LogP contribution in [-0.4, -0.2) is 26.2 Å². The van der Waals surface area contributed by atoms with Crippen LogP contribution in [-0.2, 0) is 11.3 Å². The molecule has 0 radical (unpaired) electrons. The predicted octanol–water partition coefficient (Wildman–Crippen LogP) is 3.38. The normalized spacial score (nSPS) is 17.5. The lowest BCUT2D eigenvalue weighted by Crippen LogP contribution is -2.29. The minimum absolute atomic E-state index is 0.0110. The van der Waals surface area contributed by atoms with E-state index in [0.29, 0.717) is 0 Å². The molecular formula is C16H14N4OS2. The maximum atomic E-state index is 12.7. The fourth-order valence-corrected chi connectivity index (χ4v) is 4.18. The summed E-state index contributed by atoms with van der Waals surface area (Å²) in [7, 11) is 0. The number of aromatic nitrogens is 2. The summed E-state index contributed by atoms with van der Waals surface area (Å²) < 4.78 is 1.77. The van der Waals surface area contributed by atoms with Crippen LogP contribution in [0.25, 0.3) is 0 Å². The van der Waals surface area contributed by atoms with E-state index >= 15 is 0 Å². The molecule has 0 saturated heterocycles. The van der Waals surface area contributed by atoms with Gasteiger partial charge in [-0.2, -0.15) is 5.10 Å². The summed E-state index contributed by atoms with van der Waals surface area (Å²) in [5.41, 5.74) is 0.984. The first-order chi connectivity index (χ1) is 11.3. The van der Waals surface area contributed by atoms with E-state index in [2.05, 4.69) is 22.2 Å². The molecule has 0 aromatic carbocycles. The molecule has 116 valence electrons. The summed E-state index contributed by atoms with van der Waals surface area (Å²) in [6.45, 7) is 0.253. The molecule has 23 heavy (non-hydrogen) atoms. The van der Waals surface area contributed by atoms with Gasteiger partial charge in [0.25, 0.3) is 5.91 Å². The number of nitrogens with zero attached hydrogens (tertiary/aromatic N) is 4. The Morgan fingerprint density at radius 1 is 1.26 bits per heavy atom. The van der Waals surface area contributed by atoms with Crippen LogP contribution in [0, 0.1) is 0 Å². The molecule has 4 rings (SSSR count). The number of carbonyl (C=O) groups is 1. The highest BCUT2D eigenvalue weighted by molar-refractivity contribution is 7.12.